The fourth-order valence-corrected chi connectivity index (χ4v) is 3.60. The number of carbonyl (C=O) groups excluding carboxylic acids is 1. The highest BCUT2D eigenvalue weighted by Crippen LogP contribution is 2.33. The number of thiophene rings is 1. The van der Waals surface area contributed by atoms with Gasteiger partial charge in [-0.3, -0.25) is 4.79 Å². The molecule has 0 unspecified atom stereocenters. The van der Waals surface area contributed by atoms with E-state index in [1.54, 1.807) is 17.4 Å². The molecule has 1 amide bonds. The highest BCUT2D eigenvalue weighted by molar-refractivity contribution is 7.09. The van der Waals surface area contributed by atoms with Gasteiger partial charge in [0.25, 0.3) is 5.91 Å². The molecule has 148 valence electrons. The maximum Gasteiger partial charge on any atom is 0.262 e. The number of nitrogens with zero attached hydrogens (tertiary/aromatic N) is 1. The van der Waals surface area contributed by atoms with Crippen LogP contribution < -0.4 is 14.8 Å². The summed E-state index contributed by atoms with van der Waals surface area (Å²) in [4.78, 5) is 13.6. The number of benzene rings is 2. The van der Waals surface area contributed by atoms with Gasteiger partial charge in [-0.15, -0.1) is 11.3 Å². The SMILES string of the molecule is CCOc1ccc2ccc(OCC)c(/C=C(\C#N)C(=O)NCc3cccs3)c2c1. The van der Waals surface area contributed by atoms with E-state index in [2.05, 4.69) is 5.32 Å². The average Bonchev–Trinajstić information content (AvgIpc) is 3.25. The van der Waals surface area contributed by atoms with Gasteiger partial charge in [-0.1, -0.05) is 18.2 Å². The summed E-state index contributed by atoms with van der Waals surface area (Å²) in [5.74, 6) is 0.928. The summed E-state index contributed by atoms with van der Waals surface area (Å²) in [6.45, 7) is 5.23. The smallest absolute Gasteiger partial charge is 0.262 e. The second-order valence-electron chi connectivity index (χ2n) is 6.16. The minimum atomic E-state index is -0.415. The Kier molecular flexibility index (Phi) is 6.88. The lowest BCUT2D eigenvalue weighted by Crippen LogP contribution is -2.23. The predicted octanol–water partition coefficient (Wildman–Crippen LogP) is 4.92. The standard InChI is InChI=1S/C23H22N2O3S/c1-3-27-18-9-7-16-8-10-22(28-4-2)21(20(16)13-18)12-17(14-24)23(26)25-15-19-6-5-11-29-19/h5-13H,3-4,15H2,1-2H3,(H,25,26)/b17-12+. The zero-order valence-electron chi connectivity index (χ0n) is 16.4. The Labute approximate surface area is 174 Å². The van der Waals surface area contributed by atoms with Crippen LogP contribution in [0.2, 0.25) is 0 Å². The van der Waals surface area contributed by atoms with Crippen molar-refractivity contribution in [1.82, 2.24) is 5.32 Å². The van der Waals surface area contributed by atoms with E-state index in [0.717, 1.165) is 21.4 Å². The minimum absolute atomic E-state index is 0.0248. The lowest BCUT2D eigenvalue weighted by molar-refractivity contribution is -0.117. The molecule has 29 heavy (non-hydrogen) atoms. The van der Waals surface area contributed by atoms with Crippen molar-refractivity contribution in [1.29, 1.82) is 5.26 Å². The zero-order chi connectivity index (χ0) is 20.6. The molecule has 1 N–H and O–H groups in total. The number of carbonyl (C=O) groups is 1. The topological polar surface area (TPSA) is 71.3 Å². The van der Waals surface area contributed by atoms with Gasteiger partial charge < -0.3 is 14.8 Å². The van der Waals surface area contributed by atoms with Crippen LogP contribution in [-0.2, 0) is 11.3 Å². The number of hydrogen-bond acceptors (Lipinski definition) is 5. The van der Waals surface area contributed by atoms with E-state index >= 15 is 0 Å². The van der Waals surface area contributed by atoms with Gasteiger partial charge in [-0.05, 0) is 60.3 Å². The predicted molar refractivity (Wildman–Crippen MR) is 116 cm³/mol. The van der Waals surface area contributed by atoms with Crippen LogP contribution in [0.3, 0.4) is 0 Å². The Bertz CT molecular complexity index is 1060. The maximum atomic E-state index is 12.6. The number of ether oxygens (including phenoxy) is 2. The highest BCUT2D eigenvalue weighted by Gasteiger charge is 2.14. The van der Waals surface area contributed by atoms with Crippen LogP contribution in [0.4, 0.5) is 0 Å². The Morgan fingerprint density at radius 1 is 1.17 bits per heavy atom. The van der Waals surface area contributed by atoms with Gasteiger partial charge in [0, 0.05) is 10.4 Å². The van der Waals surface area contributed by atoms with E-state index in [1.165, 1.54) is 0 Å². The molecule has 1 aromatic heterocycles. The van der Waals surface area contributed by atoms with E-state index in [-0.39, 0.29) is 5.57 Å². The fraction of sp³-hybridized carbons (Fsp3) is 0.217. The first-order valence-electron chi connectivity index (χ1n) is 9.41. The van der Waals surface area contributed by atoms with Crippen molar-refractivity contribution in [3.05, 3.63) is 63.9 Å². The second-order valence-corrected chi connectivity index (χ2v) is 7.19. The molecule has 0 radical (unpaired) electrons. The average molecular weight is 407 g/mol. The van der Waals surface area contributed by atoms with E-state index in [4.69, 9.17) is 9.47 Å². The van der Waals surface area contributed by atoms with Crippen LogP contribution in [-0.4, -0.2) is 19.1 Å². The summed E-state index contributed by atoms with van der Waals surface area (Å²) in [5, 5.41) is 16.2. The molecule has 0 fully saturated rings. The maximum absolute atomic E-state index is 12.6. The first-order valence-corrected chi connectivity index (χ1v) is 10.3. The molecular weight excluding hydrogens is 384 g/mol. The molecule has 0 atom stereocenters. The van der Waals surface area contributed by atoms with Crippen molar-refractivity contribution in [2.45, 2.75) is 20.4 Å². The lowest BCUT2D eigenvalue weighted by atomic mass is 10.0. The quantitative estimate of drug-likeness (QED) is 0.426. The molecule has 3 rings (SSSR count). The number of rotatable bonds is 8. The number of amides is 1. The minimum Gasteiger partial charge on any atom is -0.494 e. The van der Waals surface area contributed by atoms with Crippen LogP contribution in [0.1, 0.15) is 24.3 Å². The van der Waals surface area contributed by atoms with Gasteiger partial charge in [0.05, 0.1) is 19.8 Å². The number of nitriles is 1. The summed E-state index contributed by atoms with van der Waals surface area (Å²) in [6, 6.07) is 15.5. The largest absolute Gasteiger partial charge is 0.494 e. The van der Waals surface area contributed by atoms with Gasteiger partial charge in [0.15, 0.2) is 0 Å². The van der Waals surface area contributed by atoms with Crippen LogP contribution in [0.5, 0.6) is 11.5 Å². The molecule has 2 aromatic carbocycles. The van der Waals surface area contributed by atoms with Gasteiger partial charge in [-0.2, -0.15) is 5.26 Å². The van der Waals surface area contributed by atoms with Crippen LogP contribution >= 0.6 is 11.3 Å². The Morgan fingerprint density at radius 3 is 2.66 bits per heavy atom. The molecule has 0 spiro atoms. The highest BCUT2D eigenvalue weighted by atomic mass is 32.1. The molecule has 1 heterocycles. The van der Waals surface area contributed by atoms with Crippen molar-refractivity contribution in [3.63, 3.8) is 0 Å². The molecule has 3 aromatic rings. The number of hydrogen-bond donors (Lipinski definition) is 1. The summed E-state index contributed by atoms with van der Waals surface area (Å²) in [5.41, 5.74) is 0.713. The van der Waals surface area contributed by atoms with E-state index < -0.39 is 5.91 Å². The van der Waals surface area contributed by atoms with Gasteiger partial charge in [0.1, 0.15) is 23.1 Å². The zero-order valence-corrected chi connectivity index (χ0v) is 17.2. The van der Waals surface area contributed by atoms with Crippen LogP contribution in [0.15, 0.2) is 53.4 Å². The third kappa shape index (κ3) is 4.95. The first kappa shape index (κ1) is 20.4. The van der Waals surface area contributed by atoms with Crippen molar-refractivity contribution in [2.24, 2.45) is 0 Å². The summed E-state index contributed by atoms with van der Waals surface area (Å²) in [7, 11) is 0. The Balaban J connectivity index is 2.01. The van der Waals surface area contributed by atoms with E-state index in [9.17, 15) is 10.1 Å². The van der Waals surface area contributed by atoms with Crippen molar-refractivity contribution in [3.8, 4) is 17.6 Å². The molecular formula is C23H22N2O3S. The third-order valence-electron chi connectivity index (χ3n) is 4.26. The number of nitrogens with one attached hydrogen (secondary N) is 1. The third-order valence-corrected chi connectivity index (χ3v) is 5.14. The van der Waals surface area contributed by atoms with Gasteiger partial charge in [-0.25, -0.2) is 0 Å². The summed E-state index contributed by atoms with van der Waals surface area (Å²) < 4.78 is 11.4. The normalized spacial score (nSPS) is 11.1. The summed E-state index contributed by atoms with van der Waals surface area (Å²) >= 11 is 1.55. The van der Waals surface area contributed by atoms with Gasteiger partial charge in [0.2, 0.25) is 0 Å². The molecule has 0 aliphatic rings. The fourth-order valence-electron chi connectivity index (χ4n) is 2.96. The molecule has 0 saturated heterocycles. The Hall–Kier alpha value is -3.30. The van der Waals surface area contributed by atoms with Crippen molar-refractivity contribution in [2.75, 3.05) is 13.2 Å². The summed E-state index contributed by atoms with van der Waals surface area (Å²) in [6.07, 6.45) is 1.59. The monoisotopic (exact) mass is 406 g/mol. The van der Waals surface area contributed by atoms with Crippen molar-refractivity contribution >= 4 is 34.1 Å². The molecule has 0 saturated carbocycles. The molecule has 0 aliphatic carbocycles. The van der Waals surface area contributed by atoms with Gasteiger partial charge >= 0.3 is 0 Å². The number of fused-ring (bicyclic) bond motifs is 1. The van der Waals surface area contributed by atoms with Crippen LogP contribution in [0.25, 0.3) is 16.8 Å². The first-order chi connectivity index (χ1) is 14.2. The molecule has 5 nitrogen and oxygen atoms in total. The lowest BCUT2D eigenvalue weighted by Gasteiger charge is -2.13. The van der Waals surface area contributed by atoms with Crippen molar-refractivity contribution < 1.29 is 14.3 Å². The molecule has 0 bridgehead atoms. The van der Waals surface area contributed by atoms with Crippen LogP contribution in [0, 0.1) is 11.3 Å². The van der Waals surface area contributed by atoms with E-state index in [1.807, 2.05) is 67.8 Å². The van der Waals surface area contributed by atoms with E-state index in [0.29, 0.717) is 31.1 Å². The second kappa shape index (κ2) is 9.76. The molecule has 0 aliphatic heterocycles. The Morgan fingerprint density at radius 2 is 1.97 bits per heavy atom. The molecule has 6 heteroatoms.